The van der Waals surface area contributed by atoms with Crippen molar-refractivity contribution in [3.05, 3.63) is 47.9 Å². The lowest BCUT2D eigenvalue weighted by molar-refractivity contribution is 0.00979. The molecule has 0 aliphatic carbocycles. The number of aromatic nitrogens is 2. The van der Waals surface area contributed by atoms with Crippen LogP contribution in [0.2, 0.25) is 0 Å². The van der Waals surface area contributed by atoms with E-state index in [-0.39, 0.29) is 5.69 Å². The lowest BCUT2D eigenvalue weighted by atomic mass is 10.2. The van der Waals surface area contributed by atoms with Gasteiger partial charge in [0.25, 0.3) is 5.92 Å². The molecule has 1 aromatic heterocycles. The maximum Gasteiger partial charge on any atom is 0.358 e. The third-order valence-electron chi connectivity index (χ3n) is 2.51. The van der Waals surface area contributed by atoms with Crippen LogP contribution in [0.4, 0.5) is 8.78 Å². The lowest BCUT2D eigenvalue weighted by Gasteiger charge is -2.14. The quantitative estimate of drug-likeness (QED) is 0.810. The minimum Gasteiger partial charge on any atom is -0.464 e. The fourth-order valence-electron chi connectivity index (χ4n) is 1.55. The Labute approximate surface area is 119 Å². The highest BCUT2D eigenvalue weighted by atomic mass is 19.3. The van der Waals surface area contributed by atoms with Crippen molar-refractivity contribution in [3.8, 4) is 11.6 Å². The van der Waals surface area contributed by atoms with Gasteiger partial charge in [-0.15, -0.1) is 0 Å². The fourth-order valence-corrected chi connectivity index (χ4v) is 1.55. The molecule has 0 atom stereocenters. The van der Waals surface area contributed by atoms with Gasteiger partial charge in [-0.2, -0.15) is 8.78 Å². The molecular weight excluding hydrogens is 282 g/mol. The predicted octanol–water partition coefficient (Wildman–Crippen LogP) is 3.17. The highest BCUT2D eigenvalue weighted by Crippen LogP contribution is 2.33. The van der Waals surface area contributed by atoms with Crippen molar-refractivity contribution >= 4 is 5.97 Å². The van der Waals surface area contributed by atoms with Crippen LogP contribution in [0, 0.1) is 0 Å². The number of hydrogen-bond acceptors (Lipinski definition) is 5. The second-order valence-corrected chi connectivity index (χ2v) is 4.20. The Morgan fingerprint density at radius 2 is 1.90 bits per heavy atom. The summed E-state index contributed by atoms with van der Waals surface area (Å²) >= 11 is 0. The number of para-hydroxylation sites is 1. The molecule has 21 heavy (non-hydrogen) atoms. The molecule has 0 aliphatic rings. The first kappa shape index (κ1) is 14.8. The third kappa shape index (κ3) is 3.50. The Balaban J connectivity index is 2.46. The molecule has 110 valence electrons. The van der Waals surface area contributed by atoms with Crippen molar-refractivity contribution in [2.45, 2.75) is 12.8 Å². The van der Waals surface area contributed by atoms with E-state index in [4.69, 9.17) is 4.74 Å². The number of rotatable bonds is 4. The number of carbonyl (C=O) groups is 1. The van der Waals surface area contributed by atoms with E-state index in [9.17, 15) is 13.6 Å². The van der Waals surface area contributed by atoms with Crippen LogP contribution in [-0.4, -0.2) is 23.0 Å². The second-order valence-electron chi connectivity index (χ2n) is 4.20. The van der Waals surface area contributed by atoms with E-state index in [2.05, 4.69) is 14.7 Å². The number of alkyl halides is 2. The number of methoxy groups -OCH3 is 1. The van der Waals surface area contributed by atoms with E-state index in [1.165, 1.54) is 0 Å². The van der Waals surface area contributed by atoms with Gasteiger partial charge in [-0.25, -0.2) is 14.8 Å². The van der Waals surface area contributed by atoms with Crippen LogP contribution in [-0.2, 0) is 10.7 Å². The summed E-state index contributed by atoms with van der Waals surface area (Å²) in [5.74, 6) is -4.17. The number of halogens is 2. The summed E-state index contributed by atoms with van der Waals surface area (Å²) in [5.41, 5.74) is -0.865. The van der Waals surface area contributed by atoms with E-state index >= 15 is 0 Å². The summed E-state index contributed by atoms with van der Waals surface area (Å²) in [6, 6.07) is 8.25. The zero-order valence-corrected chi connectivity index (χ0v) is 11.3. The molecule has 2 rings (SSSR count). The molecule has 0 fully saturated rings. The zero-order valence-electron chi connectivity index (χ0n) is 11.3. The third-order valence-corrected chi connectivity index (χ3v) is 2.51. The topological polar surface area (TPSA) is 61.3 Å². The molecule has 2 aromatic rings. The number of ether oxygens (including phenoxy) is 2. The van der Waals surface area contributed by atoms with Gasteiger partial charge in [0.1, 0.15) is 5.75 Å². The van der Waals surface area contributed by atoms with Crippen molar-refractivity contribution in [2.24, 2.45) is 0 Å². The molecule has 7 heteroatoms. The molecule has 1 heterocycles. The molecule has 0 radical (unpaired) electrons. The van der Waals surface area contributed by atoms with E-state index in [1.54, 1.807) is 30.3 Å². The highest BCUT2D eigenvalue weighted by Gasteiger charge is 2.33. The van der Waals surface area contributed by atoms with Gasteiger partial charge in [0.05, 0.1) is 13.3 Å². The maximum absolute atomic E-state index is 13.5. The van der Waals surface area contributed by atoms with Crippen molar-refractivity contribution in [1.29, 1.82) is 0 Å². The minimum atomic E-state index is -3.26. The Morgan fingerprint density at radius 1 is 1.24 bits per heavy atom. The summed E-state index contributed by atoms with van der Waals surface area (Å²) < 4.78 is 36.9. The van der Waals surface area contributed by atoms with Crippen LogP contribution in [0.5, 0.6) is 11.6 Å². The molecule has 5 nitrogen and oxygen atoms in total. The zero-order chi connectivity index (χ0) is 15.5. The molecule has 0 N–H and O–H groups in total. The van der Waals surface area contributed by atoms with Crippen molar-refractivity contribution < 1.29 is 23.0 Å². The molecule has 0 aliphatic heterocycles. The van der Waals surface area contributed by atoms with Crippen LogP contribution < -0.4 is 4.74 Å². The van der Waals surface area contributed by atoms with Crippen LogP contribution in [0.3, 0.4) is 0 Å². The smallest absolute Gasteiger partial charge is 0.358 e. The number of hydrogen-bond donors (Lipinski definition) is 0. The summed E-state index contributed by atoms with van der Waals surface area (Å²) in [7, 11) is 1.16. The minimum absolute atomic E-state index is 0.212. The monoisotopic (exact) mass is 294 g/mol. The van der Waals surface area contributed by atoms with E-state index < -0.39 is 23.5 Å². The summed E-state index contributed by atoms with van der Waals surface area (Å²) in [4.78, 5) is 18.8. The first-order valence-electron chi connectivity index (χ1n) is 5.98. The SMILES string of the molecule is COC(=O)c1cnc(C(C)(F)F)c(Oc2ccccc2)n1. The molecular formula is C14H12F2N2O3. The average molecular weight is 294 g/mol. The molecule has 0 saturated carbocycles. The number of carbonyl (C=O) groups excluding carboxylic acids is 1. The molecule has 0 spiro atoms. The largest absolute Gasteiger partial charge is 0.464 e. The Morgan fingerprint density at radius 3 is 2.48 bits per heavy atom. The van der Waals surface area contributed by atoms with Crippen LogP contribution in [0.1, 0.15) is 23.1 Å². The van der Waals surface area contributed by atoms with Gasteiger partial charge in [0.15, 0.2) is 11.4 Å². The van der Waals surface area contributed by atoms with Gasteiger partial charge in [-0.1, -0.05) is 18.2 Å². The fraction of sp³-hybridized carbons (Fsp3) is 0.214. The van der Waals surface area contributed by atoms with Crippen LogP contribution >= 0.6 is 0 Å². The molecule has 0 saturated heterocycles. The van der Waals surface area contributed by atoms with Gasteiger partial charge in [0, 0.05) is 6.92 Å². The Bertz CT molecular complexity index is 642. The van der Waals surface area contributed by atoms with Gasteiger partial charge >= 0.3 is 5.97 Å². The standard InChI is InChI=1S/C14H12F2N2O3/c1-14(15,16)11-12(21-9-6-4-3-5-7-9)18-10(8-17-11)13(19)20-2/h3-8H,1-2H3. The van der Waals surface area contributed by atoms with E-state index in [1.807, 2.05) is 0 Å². The molecule has 0 amide bonds. The predicted molar refractivity (Wildman–Crippen MR) is 69.5 cm³/mol. The molecule has 0 bridgehead atoms. The highest BCUT2D eigenvalue weighted by molar-refractivity contribution is 5.86. The van der Waals surface area contributed by atoms with Gasteiger partial charge < -0.3 is 9.47 Å². The molecule has 0 unspecified atom stereocenters. The van der Waals surface area contributed by atoms with Crippen molar-refractivity contribution in [3.63, 3.8) is 0 Å². The van der Waals surface area contributed by atoms with Gasteiger partial charge in [-0.3, -0.25) is 0 Å². The summed E-state index contributed by atoms with van der Waals surface area (Å²) in [5, 5.41) is 0. The Hall–Kier alpha value is -2.57. The van der Waals surface area contributed by atoms with Crippen molar-refractivity contribution in [1.82, 2.24) is 9.97 Å². The maximum atomic E-state index is 13.5. The summed E-state index contributed by atoms with van der Waals surface area (Å²) in [6.07, 6.45) is 0.927. The Kier molecular flexibility index (Phi) is 4.11. The van der Waals surface area contributed by atoms with Gasteiger partial charge in [0.2, 0.25) is 5.88 Å². The van der Waals surface area contributed by atoms with Crippen LogP contribution in [0.15, 0.2) is 36.5 Å². The average Bonchev–Trinajstić information content (AvgIpc) is 2.46. The van der Waals surface area contributed by atoms with Crippen molar-refractivity contribution in [2.75, 3.05) is 7.11 Å². The molecule has 1 aromatic carbocycles. The lowest BCUT2D eigenvalue weighted by Crippen LogP contribution is -2.15. The first-order chi connectivity index (χ1) is 9.91. The number of benzene rings is 1. The summed E-state index contributed by atoms with van der Waals surface area (Å²) in [6.45, 7) is 0.673. The second kappa shape index (κ2) is 5.82. The first-order valence-corrected chi connectivity index (χ1v) is 5.98. The van der Waals surface area contributed by atoms with E-state index in [0.29, 0.717) is 12.7 Å². The van der Waals surface area contributed by atoms with E-state index in [0.717, 1.165) is 13.3 Å². The normalized spacial score (nSPS) is 11.0. The van der Waals surface area contributed by atoms with Crippen LogP contribution in [0.25, 0.3) is 0 Å². The number of nitrogens with zero attached hydrogens (tertiary/aromatic N) is 2. The number of esters is 1. The van der Waals surface area contributed by atoms with Gasteiger partial charge in [-0.05, 0) is 12.1 Å².